The predicted octanol–water partition coefficient (Wildman–Crippen LogP) is 2.90. The third-order valence-corrected chi connectivity index (χ3v) is 3.08. The van der Waals surface area contributed by atoms with Crippen LogP contribution in [0, 0.1) is 5.82 Å². The summed E-state index contributed by atoms with van der Waals surface area (Å²) >= 11 is 0. The molecule has 0 saturated carbocycles. The van der Waals surface area contributed by atoms with E-state index in [-0.39, 0.29) is 6.61 Å². The second kappa shape index (κ2) is 5.25. The second-order valence-corrected chi connectivity index (χ2v) is 4.75. The van der Waals surface area contributed by atoms with Crippen LogP contribution in [0.5, 0.6) is 0 Å². The van der Waals surface area contributed by atoms with Crippen LogP contribution in [-0.2, 0) is 9.09 Å². The Balaban J connectivity index is 2.92. The molecule has 88 valence electrons. The maximum atomic E-state index is 12.6. The van der Waals surface area contributed by atoms with Gasteiger partial charge in [0.15, 0.2) is 0 Å². The van der Waals surface area contributed by atoms with Gasteiger partial charge in [-0.1, -0.05) is 12.1 Å². The van der Waals surface area contributed by atoms with Crippen LogP contribution in [0.2, 0.25) is 0 Å². The topological polar surface area (TPSA) is 66.8 Å². The molecule has 16 heavy (non-hydrogen) atoms. The van der Waals surface area contributed by atoms with E-state index in [2.05, 4.69) is 4.52 Å². The van der Waals surface area contributed by atoms with Crippen LogP contribution in [-0.4, -0.2) is 16.6 Å². The number of rotatable bonds is 4. The first-order chi connectivity index (χ1) is 7.45. The summed E-state index contributed by atoms with van der Waals surface area (Å²) in [5.41, 5.74) is -0.353. The molecule has 1 rings (SSSR count). The van der Waals surface area contributed by atoms with Crippen LogP contribution >= 0.6 is 7.60 Å². The fourth-order valence-corrected chi connectivity index (χ4v) is 1.83. The molecule has 0 aliphatic carbocycles. The van der Waals surface area contributed by atoms with Gasteiger partial charge < -0.3 is 14.5 Å². The molecule has 0 aliphatic rings. The minimum absolute atomic E-state index is 0.00902. The molecule has 0 radical (unpaired) electrons. The molecule has 6 heteroatoms. The normalized spacial score (nSPS) is 15.8. The van der Waals surface area contributed by atoms with Crippen molar-refractivity contribution in [3.8, 4) is 0 Å². The summed E-state index contributed by atoms with van der Waals surface area (Å²) in [7, 11) is -4.14. The van der Waals surface area contributed by atoms with Crippen molar-refractivity contribution in [1.82, 2.24) is 0 Å². The van der Waals surface area contributed by atoms with Crippen molar-refractivity contribution in [2.45, 2.75) is 6.92 Å². The van der Waals surface area contributed by atoms with E-state index in [0.29, 0.717) is 5.56 Å². The standard InChI is InChI=1S/C10H12FO4P/c1-2-15-16(13,14)10(12)7-8-3-5-9(11)6-4-8/h3-7,12H,2H2,1H3,(H,13,14). The van der Waals surface area contributed by atoms with Gasteiger partial charge in [-0.2, -0.15) is 0 Å². The Labute approximate surface area is 92.5 Å². The van der Waals surface area contributed by atoms with Gasteiger partial charge >= 0.3 is 7.60 Å². The minimum atomic E-state index is -4.14. The Morgan fingerprint density at radius 1 is 1.50 bits per heavy atom. The molecular weight excluding hydrogens is 234 g/mol. The lowest BCUT2D eigenvalue weighted by molar-refractivity contribution is 0.261. The molecule has 0 bridgehead atoms. The zero-order chi connectivity index (χ0) is 12.2. The average molecular weight is 246 g/mol. The lowest BCUT2D eigenvalue weighted by Crippen LogP contribution is -1.92. The van der Waals surface area contributed by atoms with E-state index in [1.807, 2.05) is 0 Å². The number of halogens is 1. The molecule has 0 saturated heterocycles. The van der Waals surface area contributed by atoms with Crippen LogP contribution in [0.25, 0.3) is 6.08 Å². The van der Waals surface area contributed by atoms with Gasteiger partial charge in [0.25, 0.3) is 0 Å². The molecule has 0 aromatic heterocycles. The van der Waals surface area contributed by atoms with Crippen LogP contribution in [0.3, 0.4) is 0 Å². The van der Waals surface area contributed by atoms with Crippen molar-refractivity contribution in [2.75, 3.05) is 6.61 Å². The average Bonchev–Trinajstić information content (AvgIpc) is 2.21. The molecule has 1 unspecified atom stereocenters. The van der Waals surface area contributed by atoms with Crippen LogP contribution < -0.4 is 0 Å². The highest BCUT2D eigenvalue weighted by atomic mass is 31.2. The van der Waals surface area contributed by atoms with Crippen molar-refractivity contribution in [3.05, 3.63) is 41.1 Å². The first-order valence-corrected chi connectivity index (χ1v) is 6.17. The highest BCUT2D eigenvalue weighted by Gasteiger charge is 2.24. The first kappa shape index (κ1) is 12.9. The second-order valence-electron chi connectivity index (χ2n) is 2.99. The van der Waals surface area contributed by atoms with Gasteiger partial charge in [-0.25, -0.2) is 4.39 Å². The maximum absolute atomic E-state index is 12.6. The molecule has 1 atom stereocenters. The van der Waals surface area contributed by atoms with Gasteiger partial charge in [0.1, 0.15) is 5.82 Å². The van der Waals surface area contributed by atoms with Gasteiger partial charge in [-0.3, -0.25) is 4.57 Å². The molecule has 2 N–H and O–H groups in total. The fraction of sp³-hybridized carbons (Fsp3) is 0.200. The first-order valence-electron chi connectivity index (χ1n) is 4.60. The van der Waals surface area contributed by atoms with Gasteiger partial charge in [-0.15, -0.1) is 0 Å². The summed E-state index contributed by atoms with van der Waals surface area (Å²) in [5, 5.41) is 9.36. The fourth-order valence-electron chi connectivity index (χ4n) is 1.03. The van der Waals surface area contributed by atoms with E-state index >= 15 is 0 Å². The minimum Gasteiger partial charge on any atom is -0.501 e. The largest absolute Gasteiger partial charge is 0.501 e. The summed E-state index contributed by atoms with van der Waals surface area (Å²) in [6, 6.07) is 5.11. The maximum Gasteiger partial charge on any atom is 0.392 e. The van der Waals surface area contributed by atoms with Crippen LogP contribution in [0.4, 0.5) is 4.39 Å². The zero-order valence-corrected chi connectivity index (χ0v) is 9.52. The van der Waals surface area contributed by atoms with E-state index in [0.717, 1.165) is 6.08 Å². The molecule has 1 aromatic rings. The van der Waals surface area contributed by atoms with Crippen molar-refractivity contribution >= 4 is 13.7 Å². The molecule has 4 nitrogen and oxygen atoms in total. The molecule has 1 aromatic carbocycles. The molecule has 0 fully saturated rings. The Morgan fingerprint density at radius 2 is 2.06 bits per heavy atom. The highest BCUT2D eigenvalue weighted by Crippen LogP contribution is 2.49. The third-order valence-electron chi connectivity index (χ3n) is 1.76. The molecular formula is C10H12FO4P. The predicted molar refractivity (Wildman–Crippen MR) is 58.5 cm³/mol. The van der Waals surface area contributed by atoms with E-state index < -0.39 is 18.9 Å². The Morgan fingerprint density at radius 3 is 2.56 bits per heavy atom. The van der Waals surface area contributed by atoms with Gasteiger partial charge in [0, 0.05) is 0 Å². The van der Waals surface area contributed by atoms with E-state index in [9.17, 15) is 19.0 Å². The van der Waals surface area contributed by atoms with Crippen molar-refractivity contribution < 1.29 is 23.5 Å². The number of hydrogen-bond acceptors (Lipinski definition) is 3. The SMILES string of the molecule is CCOP(=O)(O)C(O)=Cc1ccc(F)cc1. The number of aliphatic hydroxyl groups is 1. The highest BCUT2D eigenvalue weighted by molar-refractivity contribution is 7.57. The zero-order valence-electron chi connectivity index (χ0n) is 8.63. The number of hydrogen-bond donors (Lipinski definition) is 2. The number of aliphatic hydroxyl groups excluding tert-OH is 1. The summed E-state index contributed by atoms with van der Waals surface area (Å²) in [6.07, 6.45) is 1.07. The lowest BCUT2D eigenvalue weighted by Gasteiger charge is -2.09. The smallest absolute Gasteiger partial charge is 0.392 e. The van der Waals surface area contributed by atoms with E-state index in [4.69, 9.17) is 0 Å². The Kier molecular flexibility index (Phi) is 4.24. The molecule has 0 heterocycles. The Hall–Kier alpha value is -1.16. The summed E-state index contributed by atoms with van der Waals surface area (Å²) in [6.45, 7) is 1.54. The lowest BCUT2D eigenvalue weighted by atomic mass is 10.2. The summed E-state index contributed by atoms with van der Waals surface area (Å²) < 4.78 is 28.4. The third kappa shape index (κ3) is 3.45. The monoisotopic (exact) mass is 246 g/mol. The molecule has 0 amide bonds. The molecule has 0 spiro atoms. The van der Waals surface area contributed by atoms with E-state index in [1.165, 1.54) is 31.2 Å². The summed E-state index contributed by atoms with van der Waals surface area (Å²) in [5.74, 6) is -0.423. The van der Waals surface area contributed by atoms with Crippen molar-refractivity contribution in [2.24, 2.45) is 0 Å². The van der Waals surface area contributed by atoms with Crippen molar-refractivity contribution in [1.29, 1.82) is 0 Å². The Bertz CT molecular complexity index is 427. The quantitative estimate of drug-likeness (QED) is 0.633. The van der Waals surface area contributed by atoms with Gasteiger partial charge in [-0.05, 0) is 30.7 Å². The van der Waals surface area contributed by atoms with Crippen molar-refractivity contribution in [3.63, 3.8) is 0 Å². The van der Waals surface area contributed by atoms with E-state index in [1.54, 1.807) is 0 Å². The molecule has 0 aliphatic heterocycles. The van der Waals surface area contributed by atoms with Gasteiger partial charge in [0.05, 0.1) is 6.61 Å². The van der Waals surface area contributed by atoms with Crippen LogP contribution in [0.15, 0.2) is 29.8 Å². The van der Waals surface area contributed by atoms with Gasteiger partial charge in [0.2, 0.25) is 5.50 Å². The summed E-state index contributed by atoms with van der Waals surface area (Å²) in [4.78, 5) is 9.24. The number of benzene rings is 1. The van der Waals surface area contributed by atoms with Crippen LogP contribution in [0.1, 0.15) is 12.5 Å².